The van der Waals surface area contributed by atoms with Gasteiger partial charge in [0.05, 0.1) is 29.2 Å². The van der Waals surface area contributed by atoms with Crippen molar-refractivity contribution in [3.63, 3.8) is 0 Å². The largest absolute Gasteiger partial charge is 0.507 e. The molecule has 6 rings (SSSR count). The van der Waals surface area contributed by atoms with E-state index < -0.39 is 52.2 Å². The zero-order valence-electron chi connectivity index (χ0n) is 27.7. The van der Waals surface area contributed by atoms with Crippen LogP contribution in [0.15, 0.2) is 54.0 Å². The van der Waals surface area contributed by atoms with Crippen molar-refractivity contribution in [2.45, 2.75) is 45.3 Å². The number of amides is 2. The average molecular weight is 658 g/mol. The third-order valence-electron chi connectivity index (χ3n) is 9.01. The van der Waals surface area contributed by atoms with E-state index in [0.29, 0.717) is 17.9 Å². The minimum absolute atomic E-state index is 0.00791. The van der Waals surface area contributed by atoms with E-state index in [9.17, 15) is 14.7 Å². The Hall–Kier alpha value is -5.17. The normalized spacial score (nSPS) is 17.7. The van der Waals surface area contributed by atoms with Gasteiger partial charge < -0.3 is 24.7 Å². The molecule has 3 aromatic heterocycles. The van der Waals surface area contributed by atoms with Gasteiger partial charge in [0.25, 0.3) is 11.5 Å². The monoisotopic (exact) mass is 657 g/mol. The minimum atomic E-state index is -0.941. The molecule has 0 unspecified atom stereocenters. The van der Waals surface area contributed by atoms with E-state index in [1.54, 1.807) is 22.1 Å². The lowest BCUT2D eigenvalue weighted by Gasteiger charge is -2.49. The van der Waals surface area contributed by atoms with E-state index in [2.05, 4.69) is 16.5 Å². The van der Waals surface area contributed by atoms with Crippen LogP contribution in [0.2, 0.25) is 0 Å². The number of aromatic nitrogens is 3. The molecule has 0 radical (unpaired) electrons. The average Bonchev–Trinajstić information content (AvgIpc) is 3.03. The van der Waals surface area contributed by atoms with Crippen molar-refractivity contribution >= 4 is 34.2 Å². The fourth-order valence-electron chi connectivity index (χ4n) is 6.83. The molecule has 1 fully saturated rings. The van der Waals surface area contributed by atoms with Gasteiger partial charge >= 0.3 is 0 Å². The number of phenols is 1. The van der Waals surface area contributed by atoms with Crippen molar-refractivity contribution < 1.29 is 23.5 Å². The Morgan fingerprint density at radius 3 is 2.50 bits per heavy atom. The summed E-state index contributed by atoms with van der Waals surface area (Å²) in [6, 6.07) is 5.29. The lowest BCUT2D eigenvalue weighted by Crippen LogP contribution is -2.66. The molecule has 0 aliphatic carbocycles. The van der Waals surface area contributed by atoms with Crippen molar-refractivity contribution in [3.8, 4) is 22.7 Å². The lowest BCUT2D eigenvalue weighted by atomic mass is 9.97. The van der Waals surface area contributed by atoms with E-state index in [-0.39, 0.29) is 47.3 Å². The molecule has 4 aromatic rings. The van der Waals surface area contributed by atoms with Crippen molar-refractivity contribution in [2.24, 2.45) is 0 Å². The molecular weight excluding hydrogens is 620 g/mol. The van der Waals surface area contributed by atoms with E-state index in [4.69, 9.17) is 0 Å². The predicted octanol–water partition coefficient (Wildman–Crippen LogP) is 4.18. The van der Waals surface area contributed by atoms with Crippen molar-refractivity contribution in [3.05, 3.63) is 82.4 Å². The number of aromatic hydroxyl groups is 1. The topological polar surface area (TPSA) is 115 Å². The van der Waals surface area contributed by atoms with Crippen LogP contribution >= 0.6 is 0 Å². The van der Waals surface area contributed by atoms with Crippen LogP contribution in [0.5, 0.6) is 5.75 Å². The summed E-state index contributed by atoms with van der Waals surface area (Å²) >= 11 is 0. The summed E-state index contributed by atoms with van der Waals surface area (Å²) in [5, 5.41) is 10.8. The molecule has 48 heavy (non-hydrogen) atoms. The van der Waals surface area contributed by atoms with Crippen LogP contribution in [0.4, 0.5) is 20.2 Å². The minimum Gasteiger partial charge on any atom is -0.507 e. The van der Waals surface area contributed by atoms with Crippen LogP contribution in [0, 0.1) is 11.6 Å². The molecule has 0 bridgehead atoms. The van der Waals surface area contributed by atoms with Gasteiger partial charge in [0.15, 0.2) is 11.5 Å². The molecule has 1 saturated heterocycles. The molecule has 2 aliphatic heterocycles. The number of likely N-dealkylation sites (N-methyl/N-ethyl adjacent to an activating group) is 1. The number of hydrogen-bond donors (Lipinski definition) is 1. The second-order valence-electron chi connectivity index (χ2n) is 12.9. The third-order valence-corrected chi connectivity index (χ3v) is 9.01. The number of carbonyl (C=O) groups excluding carboxylic acids is 2. The molecule has 0 spiro atoms. The first-order valence-corrected chi connectivity index (χ1v) is 15.6. The number of phenolic OH excluding ortho intramolecular Hbond substituents is 1. The summed E-state index contributed by atoms with van der Waals surface area (Å²) in [5.74, 6) is -3.28. The summed E-state index contributed by atoms with van der Waals surface area (Å²) < 4.78 is 32.9. The molecule has 1 N–H and O–H groups in total. The predicted molar refractivity (Wildman–Crippen MR) is 180 cm³/mol. The number of anilines is 2. The molecule has 11 nitrogen and oxygen atoms in total. The number of rotatable bonds is 6. The van der Waals surface area contributed by atoms with Gasteiger partial charge in [0, 0.05) is 37.8 Å². The Morgan fingerprint density at radius 2 is 1.85 bits per heavy atom. The number of halogens is 2. The highest BCUT2D eigenvalue weighted by Crippen LogP contribution is 2.44. The summed E-state index contributed by atoms with van der Waals surface area (Å²) in [5.41, 5.74) is 0.429. The number of hydrogen-bond acceptors (Lipinski definition) is 8. The zero-order chi connectivity index (χ0) is 34.8. The van der Waals surface area contributed by atoms with Gasteiger partial charge in [-0.15, -0.1) is 0 Å². The van der Waals surface area contributed by atoms with Gasteiger partial charge in [-0.2, -0.15) is 0 Å². The Labute approximate surface area is 276 Å². The highest BCUT2D eigenvalue weighted by molar-refractivity contribution is 6.12. The van der Waals surface area contributed by atoms with Crippen LogP contribution in [-0.2, 0) is 16.1 Å². The highest BCUT2D eigenvalue weighted by atomic mass is 19.1. The highest BCUT2D eigenvalue weighted by Gasteiger charge is 2.46. The van der Waals surface area contributed by atoms with Gasteiger partial charge in [0.2, 0.25) is 5.91 Å². The number of piperazine rings is 1. The van der Waals surface area contributed by atoms with Gasteiger partial charge in [-0.05, 0) is 62.8 Å². The standard InChI is InChI=1S/C35H37F2N7O4/c1-8-26(46)42-17-24-34(47)41(7)32-31(43(24)15-19(42)4)21-14-23(37)29(27-22(36)10-9-11-25(27)45)39-33(21)44(35(32)48)30-20(16-40(5)6)12-13-38-28(30)18(2)3/h8-14,18-19,24,45H,1,15-17H2,2-7H3/t19-,24-/m1/s1. The van der Waals surface area contributed by atoms with Crippen LogP contribution in [0.25, 0.3) is 28.0 Å². The van der Waals surface area contributed by atoms with Crippen molar-refractivity contribution in [1.82, 2.24) is 24.3 Å². The van der Waals surface area contributed by atoms with Gasteiger partial charge in [-0.1, -0.05) is 26.5 Å². The first-order valence-electron chi connectivity index (χ1n) is 15.6. The second kappa shape index (κ2) is 12.1. The summed E-state index contributed by atoms with van der Waals surface area (Å²) in [4.78, 5) is 57.4. The molecule has 250 valence electrons. The molecule has 5 heterocycles. The van der Waals surface area contributed by atoms with Crippen LogP contribution < -0.4 is 15.4 Å². The maximum Gasteiger partial charge on any atom is 0.283 e. The smallest absolute Gasteiger partial charge is 0.283 e. The summed E-state index contributed by atoms with van der Waals surface area (Å²) in [6.07, 6.45) is 2.85. The first-order chi connectivity index (χ1) is 22.8. The SMILES string of the molecule is C=CC(=O)N1C[C@@H]2C(=O)N(C)c3c(c4cc(F)c(-c5c(O)cccc5F)nc4n(-c4c(CN(C)C)ccnc4C(C)C)c3=O)N2C[C@H]1C. The van der Waals surface area contributed by atoms with E-state index in [1.165, 1.54) is 40.8 Å². The second-order valence-corrected chi connectivity index (χ2v) is 12.9. The Balaban J connectivity index is 1.77. The van der Waals surface area contributed by atoms with E-state index in [0.717, 1.165) is 11.6 Å². The van der Waals surface area contributed by atoms with Crippen molar-refractivity contribution in [1.29, 1.82) is 0 Å². The number of nitrogens with zero attached hydrogens (tertiary/aromatic N) is 7. The first kappa shape index (κ1) is 32.8. The number of pyridine rings is 3. The number of fused-ring (bicyclic) bond motifs is 5. The van der Waals surface area contributed by atoms with Gasteiger partial charge in [-0.25, -0.2) is 13.8 Å². The lowest BCUT2D eigenvalue weighted by molar-refractivity contribution is -0.130. The zero-order valence-corrected chi connectivity index (χ0v) is 27.7. The van der Waals surface area contributed by atoms with Gasteiger partial charge in [0.1, 0.15) is 29.0 Å². The molecule has 2 amide bonds. The maximum absolute atomic E-state index is 16.3. The maximum atomic E-state index is 16.3. The van der Waals surface area contributed by atoms with E-state index in [1.807, 2.05) is 39.8 Å². The van der Waals surface area contributed by atoms with E-state index >= 15 is 13.6 Å². The van der Waals surface area contributed by atoms with Crippen LogP contribution in [0.3, 0.4) is 0 Å². The number of benzene rings is 1. The Kier molecular flexibility index (Phi) is 8.28. The number of carbonyl (C=O) groups is 2. The summed E-state index contributed by atoms with van der Waals surface area (Å²) in [6.45, 7) is 9.84. The fourth-order valence-corrected chi connectivity index (χ4v) is 6.83. The van der Waals surface area contributed by atoms with Crippen molar-refractivity contribution in [2.75, 3.05) is 44.0 Å². The molecule has 1 aromatic carbocycles. The molecule has 0 saturated carbocycles. The summed E-state index contributed by atoms with van der Waals surface area (Å²) in [7, 11) is 5.24. The Bertz CT molecular complexity index is 2040. The fraction of sp³-hybridized carbons (Fsp3) is 0.343. The third kappa shape index (κ3) is 5.09. The van der Waals surface area contributed by atoms with Crippen LogP contribution in [-0.4, -0.2) is 87.6 Å². The van der Waals surface area contributed by atoms with Gasteiger partial charge in [-0.3, -0.25) is 23.9 Å². The molecule has 13 heteroatoms. The quantitative estimate of drug-likeness (QED) is 0.307. The molecular formula is C35H37F2N7O4. The Morgan fingerprint density at radius 1 is 1.12 bits per heavy atom. The molecule has 2 aliphatic rings. The molecule has 2 atom stereocenters. The van der Waals surface area contributed by atoms with Crippen LogP contribution in [0.1, 0.15) is 37.9 Å².